The van der Waals surface area contributed by atoms with Crippen LogP contribution in [0.5, 0.6) is 0 Å². The minimum atomic E-state index is -0.582. The van der Waals surface area contributed by atoms with Crippen LogP contribution >= 0.6 is 0 Å². The molecule has 4 unspecified atom stereocenters. The van der Waals surface area contributed by atoms with E-state index in [4.69, 9.17) is 14.2 Å². The van der Waals surface area contributed by atoms with Crippen molar-refractivity contribution in [1.82, 2.24) is 10.6 Å². The predicted octanol–water partition coefficient (Wildman–Crippen LogP) is -1.32. The summed E-state index contributed by atoms with van der Waals surface area (Å²) in [7, 11) is 0. The van der Waals surface area contributed by atoms with Crippen LogP contribution in [0.4, 0.5) is 0 Å². The number of hydrogen-bond donors (Lipinski definition) is 2. The van der Waals surface area contributed by atoms with Gasteiger partial charge in [-0.3, -0.25) is 9.59 Å². The Balaban J connectivity index is 2.02. The molecule has 7 nitrogen and oxygen atoms in total. The quantitative estimate of drug-likeness (QED) is 0.614. The molecule has 2 amide bonds. The van der Waals surface area contributed by atoms with E-state index < -0.39 is 12.5 Å². The second-order valence-corrected chi connectivity index (χ2v) is 3.76. The Morgan fingerprint density at radius 1 is 1.00 bits per heavy atom. The zero-order chi connectivity index (χ0) is 11.7. The van der Waals surface area contributed by atoms with Crippen LogP contribution in [0.1, 0.15) is 13.8 Å². The van der Waals surface area contributed by atoms with Crippen LogP contribution in [0, 0.1) is 0 Å². The molecule has 2 aliphatic rings. The Kier molecular flexibility index (Phi) is 3.08. The molecular weight excluding hydrogens is 216 g/mol. The third kappa shape index (κ3) is 2.16. The molecule has 0 aromatic carbocycles. The fraction of sp³-hybridized carbons (Fsp3) is 0.778. The van der Waals surface area contributed by atoms with Crippen LogP contribution in [-0.4, -0.2) is 43.3 Å². The molecule has 90 valence electrons. The van der Waals surface area contributed by atoms with Gasteiger partial charge in [0.25, 0.3) is 0 Å². The van der Waals surface area contributed by atoms with Crippen LogP contribution in [-0.2, 0) is 23.8 Å². The summed E-state index contributed by atoms with van der Waals surface area (Å²) in [4.78, 5) is 21.9. The van der Waals surface area contributed by atoms with Crippen molar-refractivity contribution < 1.29 is 23.8 Å². The minimum absolute atomic E-state index is 0.144. The van der Waals surface area contributed by atoms with Crippen molar-refractivity contribution in [2.75, 3.05) is 6.79 Å². The topological polar surface area (TPSA) is 85.9 Å². The lowest BCUT2D eigenvalue weighted by atomic mass is 10.2. The Bertz CT molecular complexity index is 280. The molecule has 16 heavy (non-hydrogen) atoms. The largest absolute Gasteiger partial charge is 0.345 e. The molecule has 4 atom stereocenters. The van der Waals surface area contributed by atoms with Gasteiger partial charge in [0.2, 0.25) is 11.8 Å². The highest BCUT2D eigenvalue weighted by Crippen LogP contribution is 2.28. The van der Waals surface area contributed by atoms with Gasteiger partial charge < -0.3 is 24.8 Å². The molecule has 2 fully saturated rings. The number of ether oxygens (including phenoxy) is 3. The highest BCUT2D eigenvalue weighted by Gasteiger charge is 2.50. The molecule has 0 spiro atoms. The molecule has 2 rings (SSSR count). The van der Waals surface area contributed by atoms with Gasteiger partial charge in [-0.2, -0.15) is 0 Å². The molecule has 0 aliphatic carbocycles. The van der Waals surface area contributed by atoms with Crippen molar-refractivity contribution in [3.63, 3.8) is 0 Å². The van der Waals surface area contributed by atoms with Gasteiger partial charge in [0, 0.05) is 13.8 Å². The first-order valence-electron chi connectivity index (χ1n) is 5.01. The Morgan fingerprint density at radius 3 is 1.81 bits per heavy atom. The number of fused-ring (bicyclic) bond motifs is 1. The van der Waals surface area contributed by atoms with Gasteiger partial charge in [0.15, 0.2) is 12.5 Å². The second-order valence-electron chi connectivity index (χ2n) is 3.76. The maximum atomic E-state index is 10.9. The molecule has 2 aliphatic heterocycles. The zero-order valence-corrected chi connectivity index (χ0v) is 9.06. The fourth-order valence-electron chi connectivity index (χ4n) is 1.85. The van der Waals surface area contributed by atoms with E-state index >= 15 is 0 Å². The van der Waals surface area contributed by atoms with Crippen LogP contribution in [0.25, 0.3) is 0 Å². The maximum absolute atomic E-state index is 10.9. The summed E-state index contributed by atoms with van der Waals surface area (Å²) in [6.45, 7) is 2.92. The molecule has 0 aromatic heterocycles. The summed E-state index contributed by atoms with van der Waals surface area (Å²) in [5, 5.41) is 5.20. The average molecular weight is 230 g/mol. The zero-order valence-electron chi connectivity index (χ0n) is 9.06. The monoisotopic (exact) mass is 230 g/mol. The SMILES string of the molecule is CC(=O)NC1OC(NC(C)=O)C2OCOC12. The standard InChI is InChI=1S/C9H14N2O5/c1-4(12)10-8-6-7(15-3-14-6)9(16-8)11-5(2)13/h6-9H,3H2,1-2H3,(H,10,12)(H,11,13). The van der Waals surface area contributed by atoms with E-state index in [2.05, 4.69) is 10.6 Å². The molecule has 2 saturated heterocycles. The summed E-state index contributed by atoms with van der Waals surface area (Å²) in [6, 6.07) is 0. The van der Waals surface area contributed by atoms with Gasteiger partial charge in [-0.1, -0.05) is 0 Å². The Labute approximate surface area is 92.4 Å². The first kappa shape index (κ1) is 11.3. The number of carbonyl (C=O) groups is 2. The highest BCUT2D eigenvalue weighted by molar-refractivity contribution is 5.74. The van der Waals surface area contributed by atoms with Crippen molar-refractivity contribution in [1.29, 1.82) is 0 Å². The third-order valence-corrected chi connectivity index (χ3v) is 2.43. The molecule has 0 bridgehead atoms. The van der Waals surface area contributed by atoms with Crippen molar-refractivity contribution in [3.8, 4) is 0 Å². The molecule has 7 heteroatoms. The molecule has 0 saturated carbocycles. The van der Waals surface area contributed by atoms with Crippen molar-refractivity contribution >= 4 is 11.8 Å². The number of nitrogens with one attached hydrogen (secondary N) is 2. The molecule has 2 heterocycles. The van der Waals surface area contributed by atoms with E-state index in [1.165, 1.54) is 13.8 Å². The van der Waals surface area contributed by atoms with Crippen LogP contribution in [0.15, 0.2) is 0 Å². The summed E-state index contributed by atoms with van der Waals surface area (Å²) in [5.41, 5.74) is 0. The smallest absolute Gasteiger partial charge is 0.218 e. The molecular formula is C9H14N2O5. The van der Waals surface area contributed by atoms with Gasteiger partial charge in [0.1, 0.15) is 19.0 Å². The van der Waals surface area contributed by atoms with Crippen LogP contribution in [0.2, 0.25) is 0 Å². The van der Waals surface area contributed by atoms with Gasteiger partial charge in [0.05, 0.1) is 0 Å². The van der Waals surface area contributed by atoms with Gasteiger partial charge in [-0.25, -0.2) is 0 Å². The number of rotatable bonds is 2. The fourth-order valence-corrected chi connectivity index (χ4v) is 1.85. The normalized spacial score (nSPS) is 36.9. The van der Waals surface area contributed by atoms with Gasteiger partial charge in [-0.15, -0.1) is 0 Å². The molecule has 0 radical (unpaired) electrons. The van der Waals surface area contributed by atoms with Crippen LogP contribution in [0.3, 0.4) is 0 Å². The molecule has 0 aromatic rings. The summed E-state index contributed by atoms with van der Waals surface area (Å²) >= 11 is 0. The molecule has 2 N–H and O–H groups in total. The first-order valence-corrected chi connectivity index (χ1v) is 5.01. The van der Waals surface area contributed by atoms with Gasteiger partial charge in [-0.05, 0) is 0 Å². The van der Waals surface area contributed by atoms with Crippen LogP contribution < -0.4 is 10.6 Å². The first-order chi connectivity index (χ1) is 7.58. The summed E-state index contributed by atoms with van der Waals surface area (Å²) in [6.07, 6.45) is -1.91. The van der Waals surface area contributed by atoms with Gasteiger partial charge >= 0.3 is 0 Å². The Morgan fingerprint density at radius 2 is 1.44 bits per heavy atom. The van der Waals surface area contributed by atoms with E-state index in [1.54, 1.807) is 0 Å². The lowest BCUT2D eigenvalue weighted by molar-refractivity contribution is -0.135. The number of hydrogen-bond acceptors (Lipinski definition) is 5. The number of amides is 2. The maximum Gasteiger partial charge on any atom is 0.218 e. The van der Waals surface area contributed by atoms with Crippen molar-refractivity contribution in [2.45, 2.75) is 38.5 Å². The lowest BCUT2D eigenvalue weighted by Gasteiger charge is -2.17. The van der Waals surface area contributed by atoms with E-state index in [0.29, 0.717) is 0 Å². The summed E-state index contributed by atoms with van der Waals surface area (Å²) < 4.78 is 16.0. The second kappa shape index (κ2) is 4.36. The van der Waals surface area contributed by atoms with Crippen molar-refractivity contribution in [3.05, 3.63) is 0 Å². The third-order valence-electron chi connectivity index (χ3n) is 2.43. The minimum Gasteiger partial charge on any atom is -0.345 e. The average Bonchev–Trinajstić information content (AvgIpc) is 2.70. The van der Waals surface area contributed by atoms with E-state index in [0.717, 1.165) is 0 Å². The number of carbonyl (C=O) groups excluding carboxylic acids is 2. The highest BCUT2D eigenvalue weighted by atomic mass is 16.7. The van der Waals surface area contributed by atoms with E-state index in [1.807, 2.05) is 0 Å². The Hall–Kier alpha value is -1.18. The van der Waals surface area contributed by atoms with E-state index in [9.17, 15) is 9.59 Å². The van der Waals surface area contributed by atoms with E-state index in [-0.39, 0.29) is 30.8 Å². The van der Waals surface area contributed by atoms with Crippen molar-refractivity contribution in [2.24, 2.45) is 0 Å². The summed E-state index contributed by atoms with van der Waals surface area (Å²) in [5.74, 6) is -0.439. The predicted molar refractivity (Wildman–Crippen MR) is 50.9 cm³/mol. The lowest BCUT2D eigenvalue weighted by Crippen LogP contribution is -2.42.